The van der Waals surface area contributed by atoms with Crippen LogP contribution in [0.25, 0.3) is 5.69 Å². The van der Waals surface area contributed by atoms with Gasteiger partial charge in [-0.1, -0.05) is 11.6 Å². The summed E-state index contributed by atoms with van der Waals surface area (Å²) in [7, 11) is -3.40. The first-order chi connectivity index (χ1) is 8.79. The van der Waals surface area contributed by atoms with Gasteiger partial charge in [-0.2, -0.15) is 5.10 Å². The summed E-state index contributed by atoms with van der Waals surface area (Å²) in [6.07, 6.45) is 3.44. The van der Waals surface area contributed by atoms with Crippen LogP contribution in [0.3, 0.4) is 0 Å². The lowest BCUT2D eigenvalue weighted by Crippen LogP contribution is -2.05. The Morgan fingerprint density at radius 2 is 2.11 bits per heavy atom. The van der Waals surface area contributed by atoms with Crippen molar-refractivity contribution in [2.75, 3.05) is 6.26 Å². The van der Waals surface area contributed by atoms with Crippen molar-refractivity contribution in [2.45, 2.75) is 4.90 Å². The van der Waals surface area contributed by atoms with Gasteiger partial charge in [0.15, 0.2) is 9.84 Å². The number of carboxylic acids is 1. The molecule has 0 aliphatic rings. The highest BCUT2D eigenvalue weighted by Gasteiger charge is 2.16. The summed E-state index contributed by atoms with van der Waals surface area (Å²) in [6, 6.07) is 4.18. The lowest BCUT2D eigenvalue weighted by molar-refractivity contribution is 0.0696. The highest BCUT2D eigenvalue weighted by Crippen LogP contribution is 2.21. The van der Waals surface area contributed by atoms with Gasteiger partial charge in [-0.15, -0.1) is 0 Å². The quantitative estimate of drug-likeness (QED) is 0.930. The van der Waals surface area contributed by atoms with Gasteiger partial charge in [0.25, 0.3) is 0 Å². The van der Waals surface area contributed by atoms with E-state index in [0.717, 1.165) is 12.5 Å². The van der Waals surface area contributed by atoms with Crippen molar-refractivity contribution < 1.29 is 18.3 Å². The summed E-state index contributed by atoms with van der Waals surface area (Å²) >= 11 is 5.82. The number of benzene rings is 1. The molecule has 8 heteroatoms. The van der Waals surface area contributed by atoms with Gasteiger partial charge in [0, 0.05) is 17.5 Å². The predicted octanol–water partition coefficient (Wildman–Crippen LogP) is 1.63. The van der Waals surface area contributed by atoms with Crippen LogP contribution < -0.4 is 0 Å². The Kier molecular flexibility index (Phi) is 3.34. The minimum atomic E-state index is -3.40. The third-order valence-corrected chi connectivity index (χ3v) is 3.73. The monoisotopic (exact) mass is 300 g/mol. The minimum Gasteiger partial charge on any atom is -0.478 e. The van der Waals surface area contributed by atoms with Crippen LogP contribution >= 0.6 is 11.6 Å². The molecule has 0 aliphatic carbocycles. The average molecular weight is 301 g/mol. The fraction of sp³-hybridized carbons (Fsp3) is 0.0909. The number of carboxylic acid groups (broad SMARTS) is 1. The highest BCUT2D eigenvalue weighted by atomic mass is 35.5. The van der Waals surface area contributed by atoms with Crippen LogP contribution in [0.15, 0.2) is 35.5 Å². The van der Waals surface area contributed by atoms with Crippen LogP contribution in [0.2, 0.25) is 5.02 Å². The molecule has 1 heterocycles. The molecule has 0 saturated heterocycles. The van der Waals surface area contributed by atoms with E-state index in [4.69, 9.17) is 16.7 Å². The predicted molar refractivity (Wildman–Crippen MR) is 68.6 cm³/mol. The summed E-state index contributed by atoms with van der Waals surface area (Å²) in [4.78, 5) is 11.1. The van der Waals surface area contributed by atoms with Gasteiger partial charge in [0.2, 0.25) is 0 Å². The molecule has 100 valence electrons. The second-order valence-electron chi connectivity index (χ2n) is 3.86. The molecule has 0 atom stereocenters. The molecule has 19 heavy (non-hydrogen) atoms. The van der Waals surface area contributed by atoms with Crippen LogP contribution in [-0.2, 0) is 9.84 Å². The van der Waals surface area contributed by atoms with Gasteiger partial charge < -0.3 is 5.11 Å². The Bertz CT molecular complexity index is 752. The van der Waals surface area contributed by atoms with Crippen molar-refractivity contribution in [3.63, 3.8) is 0 Å². The van der Waals surface area contributed by atoms with Crippen LogP contribution in [0.1, 0.15) is 10.4 Å². The molecule has 0 amide bonds. The zero-order chi connectivity index (χ0) is 14.2. The van der Waals surface area contributed by atoms with Crippen LogP contribution in [0.5, 0.6) is 0 Å². The van der Waals surface area contributed by atoms with Crippen LogP contribution in [0, 0.1) is 0 Å². The third-order valence-electron chi connectivity index (χ3n) is 2.42. The Balaban J connectivity index is 2.62. The molecule has 0 fully saturated rings. The SMILES string of the molecule is CS(=O)(=O)c1cnn(-c2cc(Cl)ccc2C(=O)O)c1. The van der Waals surface area contributed by atoms with Crippen molar-refractivity contribution in [1.82, 2.24) is 9.78 Å². The van der Waals surface area contributed by atoms with Gasteiger partial charge in [-0.25, -0.2) is 17.9 Å². The standard InChI is InChI=1S/C11H9ClN2O4S/c1-19(17,18)8-5-13-14(6-8)10-4-7(12)2-3-9(10)11(15)16/h2-6H,1H3,(H,15,16). The maximum Gasteiger partial charge on any atom is 0.337 e. The molecular weight excluding hydrogens is 292 g/mol. The van der Waals surface area contributed by atoms with E-state index in [-0.39, 0.29) is 16.1 Å². The Morgan fingerprint density at radius 1 is 1.42 bits per heavy atom. The van der Waals surface area contributed by atoms with E-state index < -0.39 is 15.8 Å². The fourth-order valence-corrected chi connectivity index (χ4v) is 2.20. The second kappa shape index (κ2) is 4.67. The second-order valence-corrected chi connectivity index (χ2v) is 6.31. The van der Waals surface area contributed by atoms with Gasteiger partial charge in [-0.05, 0) is 18.2 Å². The maximum absolute atomic E-state index is 11.4. The van der Waals surface area contributed by atoms with Crippen LogP contribution in [-0.4, -0.2) is 35.5 Å². The summed E-state index contributed by atoms with van der Waals surface area (Å²) in [5.41, 5.74) is 0.183. The smallest absolute Gasteiger partial charge is 0.337 e. The highest BCUT2D eigenvalue weighted by molar-refractivity contribution is 7.90. The summed E-state index contributed by atoms with van der Waals surface area (Å²) in [5.74, 6) is -1.15. The van der Waals surface area contributed by atoms with E-state index in [1.807, 2.05) is 0 Å². The number of sulfone groups is 1. The number of hydrogen-bond donors (Lipinski definition) is 1. The van der Waals surface area contributed by atoms with E-state index in [1.54, 1.807) is 0 Å². The van der Waals surface area contributed by atoms with Gasteiger partial charge in [-0.3, -0.25) is 0 Å². The number of hydrogen-bond acceptors (Lipinski definition) is 4. The molecular formula is C11H9ClN2O4S. The van der Waals surface area contributed by atoms with E-state index in [0.29, 0.717) is 5.02 Å². The normalized spacial score (nSPS) is 11.5. The number of aromatic nitrogens is 2. The van der Waals surface area contributed by atoms with E-state index >= 15 is 0 Å². The van der Waals surface area contributed by atoms with Crippen molar-refractivity contribution in [1.29, 1.82) is 0 Å². The zero-order valence-corrected chi connectivity index (χ0v) is 11.3. The van der Waals surface area contributed by atoms with Crippen molar-refractivity contribution in [3.8, 4) is 5.69 Å². The van der Waals surface area contributed by atoms with E-state index in [9.17, 15) is 13.2 Å². The number of halogens is 1. The Hall–Kier alpha value is -1.86. The number of aromatic carboxylic acids is 1. The van der Waals surface area contributed by atoms with Crippen LogP contribution in [0.4, 0.5) is 0 Å². The van der Waals surface area contributed by atoms with Gasteiger partial charge >= 0.3 is 5.97 Å². The molecule has 0 spiro atoms. The summed E-state index contributed by atoms with van der Waals surface area (Å²) < 4.78 is 23.9. The molecule has 2 rings (SSSR count). The third kappa shape index (κ3) is 2.77. The molecule has 2 aromatic rings. The molecule has 0 aliphatic heterocycles. The number of nitrogens with zero attached hydrogens (tertiary/aromatic N) is 2. The van der Waals surface area contributed by atoms with Gasteiger partial charge in [0.1, 0.15) is 4.90 Å². The zero-order valence-electron chi connectivity index (χ0n) is 9.74. The molecule has 0 radical (unpaired) electrons. The summed E-state index contributed by atoms with van der Waals surface area (Å²) in [5, 5.41) is 13.3. The lowest BCUT2D eigenvalue weighted by Gasteiger charge is -2.06. The average Bonchev–Trinajstić information content (AvgIpc) is 2.77. The number of carbonyl (C=O) groups is 1. The Morgan fingerprint density at radius 3 is 2.63 bits per heavy atom. The Labute approximate surface area is 114 Å². The molecule has 6 nitrogen and oxygen atoms in total. The molecule has 0 unspecified atom stereocenters. The van der Waals surface area contributed by atoms with E-state index in [1.165, 1.54) is 29.1 Å². The first-order valence-electron chi connectivity index (χ1n) is 5.07. The maximum atomic E-state index is 11.4. The van der Waals surface area contributed by atoms with Crippen molar-refractivity contribution in [3.05, 3.63) is 41.2 Å². The molecule has 1 aromatic heterocycles. The molecule has 0 bridgehead atoms. The largest absolute Gasteiger partial charge is 0.478 e. The minimum absolute atomic E-state index is 0.00353. The van der Waals surface area contributed by atoms with Gasteiger partial charge in [0.05, 0.1) is 17.4 Å². The van der Waals surface area contributed by atoms with Crippen molar-refractivity contribution >= 4 is 27.4 Å². The summed E-state index contributed by atoms with van der Waals surface area (Å²) in [6.45, 7) is 0. The molecule has 1 N–H and O–H groups in total. The number of rotatable bonds is 3. The fourth-order valence-electron chi connectivity index (χ4n) is 1.50. The molecule has 0 saturated carbocycles. The lowest BCUT2D eigenvalue weighted by atomic mass is 10.2. The van der Waals surface area contributed by atoms with Crippen molar-refractivity contribution in [2.24, 2.45) is 0 Å². The first-order valence-corrected chi connectivity index (χ1v) is 7.34. The van der Waals surface area contributed by atoms with E-state index in [2.05, 4.69) is 5.10 Å². The topological polar surface area (TPSA) is 89.3 Å². The molecule has 1 aromatic carbocycles. The first kappa shape index (κ1) is 13.6.